The zero-order valence-corrected chi connectivity index (χ0v) is 32.2. The smallest absolute Gasteiger partial charge is 0.164 e. The van der Waals surface area contributed by atoms with Crippen LogP contribution in [0.2, 0.25) is 0 Å². The summed E-state index contributed by atoms with van der Waals surface area (Å²) < 4.78 is 6.70. The van der Waals surface area contributed by atoms with Gasteiger partial charge in [-0.1, -0.05) is 188 Å². The number of allylic oxidation sites excluding steroid dienone is 1. The first-order valence-corrected chi connectivity index (χ1v) is 20.1. The van der Waals surface area contributed by atoms with Gasteiger partial charge in [-0.25, -0.2) is 15.0 Å². The highest BCUT2D eigenvalue weighted by Crippen LogP contribution is 2.45. The molecule has 0 saturated carbocycles. The zero-order valence-electron chi connectivity index (χ0n) is 32.2. The quantitative estimate of drug-likeness (QED) is 0.163. The summed E-state index contributed by atoms with van der Waals surface area (Å²) >= 11 is 0. The highest BCUT2D eigenvalue weighted by molar-refractivity contribution is 6.12. The van der Waals surface area contributed by atoms with Gasteiger partial charge in [0.25, 0.3) is 0 Å². The van der Waals surface area contributed by atoms with Crippen LogP contribution in [0.3, 0.4) is 0 Å². The van der Waals surface area contributed by atoms with Crippen LogP contribution in [-0.4, -0.2) is 15.0 Å². The molecule has 0 aliphatic heterocycles. The molecule has 2 heterocycles. The van der Waals surface area contributed by atoms with Crippen molar-refractivity contribution in [2.24, 2.45) is 0 Å². The standard InChI is InChI=1S/C55H37N3O/c1-4-14-36(15-5-1)39-24-28-41(29-25-39)53-56-54(42-30-26-40(27-31-42)37-16-6-2-7-17-37)58-55(57-53)49-34-45(35-51-52(49)47-22-12-13-23-50(47)59-51)48-33-44(38-18-8-3-9-19-38)32-43-20-10-11-21-46(43)48/h1-32,34-35,48H,33H2. The third kappa shape index (κ3) is 6.51. The Morgan fingerprint density at radius 1 is 0.407 bits per heavy atom. The summed E-state index contributed by atoms with van der Waals surface area (Å²) in [6.07, 6.45) is 3.19. The number of aromatic nitrogens is 3. The number of rotatable bonds is 7. The summed E-state index contributed by atoms with van der Waals surface area (Å²) in [5, 5.41) is 2.02. The van der Waals surface area contributed by atoms with Gasteiger partial charge in [-0.3, -0.25) is 0 Å². The molecule has 1 atom stereocenters. The predicted molar refractivity (Wildman–Crippen MR) is 241 cm³/mol. The van der Waals surface area contributed by atoms with Crippen LogP contribution in [-0.2, 0) is 0 Å². The Hall–Kier alpha value is -7.69. The minimum atomic E-state index is 0.0830. The topological polar surface area (TPSA) is 51.8 Å². The van der Waals surface area contributed by atoms with E-state index in [1.54, 1.807) is 0 Å². The molecule has 1 unspecified atom stereocenters. The second kappa shape index (κ2) is 14.7. The molecule has 8 aromatic carbocycles. The molecule has 0 spiro atoms. The number of benzene rings is 8. The maximum atomic E-state index is 6.70. The van der Waals surface area contributed by atoms with Crippen LogP contribution in [0.15, 0.2) is 205 Å². The van der Waals surface area contributed by atoms with E-state index in [1.165, 1.54) is 22.3 Å². The fourth-order valence-electron chi connectivity index (χ4n) is 8.58. The molecule has 0 fully saturated rings. The van der Waals surface area contributed by atoms with Crippen LogP contribution in [0.4, 0.5) is 0 Å². The van der Waals surface area contributed by atoms with Gasteiger partial charge < -0.3 is 4.42 Å². The van der Waals surface area contributed by atoms with Crippen molar-refractivity contribution in [1.29, 1.82) is 0 Å². The van der Waals surface area contributed by atoms with E-state index < -0.39 is 0 Å². The number of para-hydroxylation sites is 1. The fraction of sp³-hybridized carbons (Fsp3) is 0.0364. The molecule has 10 aromatic rings. The van der Waals surface area contributed by atoms with E-state index in [1.807, 2.05) is 24.3 Å². The lowest BCUT2D eigenvalue weighted by Gasteiger charge is -2.27. The monoisotopic (exact) mass is 755 g/mol. The molecular weight excluding hydrogens is 719 g/mol. The molecule has 4 heteroatoms. The fourth-order valence-corrected chi connectivity index (χ4v) is 8.58. The normalized spacial score (nSPS) is 13.6. The molecule has 278 valence electrons. The first-order valence-electron chi connectivity index (χ1n) is 20.1. The lowest BCUT2D eigenvalue weighted by Crippen LogP contribution is -2.09. The number of fused-ring (bicyclic) bond motifs is 4. The lowest BCUT2D eigenvalue weighted by molar-refractivity contribution is 0.667. The molecule has 59 heavy (non-hydrogen) atoms. The van der Waals surface area contributed by atoms with E-state index in [0.29, 0.717) is 17.5 Å². The first-order chi connectivity index (χ1) is 29.2. The number of hydrogen-bond donors (Lipinski definition) is 0. The molecule has 0 N–H and O–H groups in total. The molecule has 0 radical (unpaired) electrons. The van der Waals surface area contributed by atoms with Gasteiger partial charge in [0, 0.05) is 33.4 Å². The van der Waals surface area contributed by atoms with Crippen molar-refractivity contribution in [2.75, 3.05) is 0 Å². The predicted octanol–water partition coefficient (Wildman–Crippen LogP) is 14.2. The summed E-state index contributed by atoms with van der Waals surface area (Å²) in [7, 11) is 0. The Morgan fingerprint density at radius 3 is 1.53 bits per heavy atom. The van der Waals surface area contributed by atoms with Gasteiger partial charge in [0.2, 0.25) is 0 Å². The van der Waals surface area contributed by atoms with Crippen LogP contribution in [0.1, 0.15) is 34.6 Å². The van der Waals surface area contributed by atoms with Gasteiger partial charge in [-0.05, 0) is 74.7 Å². The molecule has 11 rings (SSSR count). The van der Waals surface area contributed by atoms with Crippen LogP contribution in [0.25, 0.3) is 90.0 Å². The van der Waals surface area contributed by atoms with Crippen molar-refractivity contribution in [3.8, 4) is 56.4 Å². The van der Waals surface area contributed by atoms with E-state index in [2.05, 4.69) is 182 Å². The summed E-state index contributed by atoms with van der Waals surface area (Å²) in [6, 6.07) is 70.1. The minimum Gasteiger partial charge on any atom is -0.456 e. The summed E-state index contributed by atoms with van der Waals surface area (Å²) in [5.74, 6) is 1.91. The highest BCUT2D eigenvalue weighted by atomic mass is 16.3. The number of nitrogens with zero attached hydrogens (tertiary/aromatic N) is 3. The van der Waals surface area contributed by atoms with Crippen LogP contribution in [0, 0.1) is 0 Å². The molecule has 0 bridgehead atoms. The Morgan fingerprint density at radius 2 is 0.898 bits per heavy atom. The van der Waals surface area contributed by atoms with Crippen molar-refractivity contribution >= 4 is 33.6 Å². The molecule has 2 aromatic heterocycles. The third-order valence-corrected chi connectivity index (χ3v) is 11.5. The van der Waals surface area contributed by atoms with Crippen molar-refractivity contribution in [3.63, 3.8) is 0 Å². The molecular formula is C55H37N3O. The number of hydrogen-bond acceptors (Lipinski definition) is 4. The maximum absolute atomic E-state index is 6.70. The molecule has 0 amide bonds. The van der Waals surface area contributed by atoms with Gasteiger partial charge in [-0.2, -0.15) is 0 Å². The Kier molecular flexibility index (Phi) is 8.59. The second-order valence-corrected chi connectivity index (χ2v) is 15.2. The first kappa shape index (κ1) is 34.5. The van der Waals surface area contributed by atoms with E-state index in [-0.39, 0.29) is 5.92 Å². The lowest BCUT2D eigenvalue weighted by atomic mass is 9.77. The molecule has 0 saturated heterocycles. The molecule has 1 aliphatic carbocycles. The second-order valence-electron chi connectivity index (χ2n) is 15.2. The highest BCUT2D eigenvalue weighted by Gasteiger charge is 2.27. The molecule has 4 nitrogen and oxygen atoms in total. The van der Waals surface area contributed by atoms with Crippen molar-refractivity contribution in [2.45, 2.75) is 12.3 Å². The van der Waals surface area contributed by atoms with Crippen molar-refractivity contribution in [3.05, 3.63) is 222 Å². The van der Waals surface area contributed by atoms with Gasteiger partial charge >= 0.3 is 0 Å². The minimum absolute atomic E-state index is 0.0830. The van der Waals surface area contributed by atoms with Gasteiger partial charge in [-0.15, -0.1) is 0 Å². The Bertz CT molecular complexity index is 3050. The summed E-state index contributed by atoms with van der Waals surface area (Å²) in [4.78, 5) is 15.8. The maximum Gasteiger partial charge on any atom is 0.164 e. The largest absolute Gasteiger partial charge is 0.456 e. The Labute approximate surface area is 342 Å². The van der Waals surface area contributed by atoms with Crippen molar-refractivity contribution < 1.29 is 4.42 Å². The SMILES string of the molecule is C1=C(c2ccccc2)CC(c2cc(-c3nc(-c4ccc(-c5ccccc5)cc4)nc(-c4ccc(-c5ccccc5)cc4)n3)c3c(c2)oc2ccccc23)c2ccccc21. The Balaban J connectivity index is 1.11. The average molecular weight is 756 g/mol. The molecule has 1 aliphatic rings. The van der Waals surface area contributed by atoms with Gasteiger partial charge in [0.05, 0.1) is 0 Å². The van der Waals surface area contributed by atoms with Crippen LogP contribution in [0.5, 0.6) is 0 Å². The van der Waals surface area contributed by atoms with Crippen molar-refractivity contribution in [1.82, 2.24) is 15.0 Å². The van der Waals surface area contributed by atoms with Gasteiger partial charge in [0.1, 0.15) is 11.2 Å². The van der Waals surface area contributed by atoms with E-state index in [4.69, 9.17) is 19.4 Å². The summed E-state index contributed by atoms with van der Waals surface area (Å²) in [6.45, 7) is 0. The number of furan rings is 1. The van der Waals surface area contributed by atoms with E-state index in [0.717, 1.165) is 72.9 Å². The van der Waals surface area contributed by atoms with E-state index >= 15 is 0 Å². The third-order valence-electron chi connectivity index (χ3n) is 11.5. The van der Waals surface area contributed by atoms with Gasteiger partial charge in [0.15, 0.2) is 17.5 Å². The van der Waals surface area contributed by atoms with Crippen LogP contribution < -0.4 is 0 Å². The zero-order chi connectivity index (χ0) is 39.1. The van der Waals surface area contributed by atoms with Crippen LogP contribution >= 0.6 is 0 Å². The van der Waals surface area contributed by atoms with E-state index in [9.17, 15) is 0 Å². The average Bonchev–Trinajstić information content (AvgIpc) is 3.70. The summed E-state index contributed by atoms with van der Waals surface area (Å²) in [5.41, 5.74) is 15.2.